The van der Waals surface area contributed by atoms with Gasteiger partial charge in [-0.3, -0.25) is 0 Å². The van der Waals surface area contributed by atoms with Crippen LogP contribution < -0.4 is 10.2 Å². The van der Waals surface area contributed by atoms with E-state index in [2.05, 4.69) is 44.8 Å². The monoisotopic (exact) mass is 430 g/mol. The zero-order valence-corrected chi connectivity index (χ0v) is 18.7. The molecule has 7 heteroatoms. The summed E-state index contributed by atoms with van der Waals surface area (Å²) in [7, 11) is 2.14. The number of piperazine rings is 1. The first-order chi connectivity index (χ1) is 14.9. The first-order valence-corrected chi connectivity index (χ1v) is 10.7. The van der Waals surface area contributed by atoms with E-state index in [-0.39, 0.29) is 0 Å². The van der Waals surface area contributed by atoms with Crippen LogP contribution in [0.1, 0.15) is 16.7 Å². The van der Waals surface area contributed by atoms with Crippen molar-refractivity contribution in [2.75, 3.05) is 43.4 Å². The first-order valence-electron chi connectivity index (χ1n) is 10.3. The summed E-state index contributed by atoms with van der Waals surface area (Å²) in [6.07, 6.45) is 4.93. The number of benzene rings is 1. The number of nitrogens with zero attached hydrogens (tertiary/aromatic N) is 4. The zero-order chi connectivity index (χ0) is 22.0. The molecule has 2 N–H and O–H groups in total. The van der Waals surface area contributed by atoms with Gasteiger partial charge in [-0.25, -0.2) is 9.97 Å². The zero-order valence-electron chi connectivity index (χ0n) is 17.9. The third-order valence-corrected chi connectivity index (χ3v) is 6.00. The number of allylic oxidation sites excluding steroid dienone is 1. The Morgan fingerprint density at radius 3 is 2.65 bits per heavy atom. The lowest BCUT2D eigenvalue weighted by molar-refractivity contribution is 0.312. The van der Waals surface area contributed by atoms with Gasteiger partial charge >= 0.3 is 0 Å². The molecule has 0 atom stereocenters. The molecule has 158 valence electrons. The minimum Gasteiger partial charge on any atom is -0.354 e. The highest BCUT2D eigenvalue weighted by molar-refractivity contribution is 7.81. The number of anilines is 2. The Bertz CT molecular complexity index is 1160. The van der Waals surface area contributed by atoms with Crippen molar-refractivity contribution in [3.63, 3.8) is 0 Å². The molecule has 2 aromatic heterocycles. The van der Waals surface area contributed by atoms with Crippen molar-refractivity contribution in [3.05, 3.63) is 66.0 Å². The largest absolute Gasteiger partial charge is 0.354 e. The smallest absolute Gasteiger partial charge is 0.131 e. The van der Waals surface area contributed by atoms with Crippen LogP contribution in [0.5, 0.6) is 0 Å². The fourth-order valence-electron chi connectivity index (χ4n) is 3.76. The average molecular weight is 431 g/mol. The summed E-state index contributed by atoms with van der Waals surface area (Å²) in [5.74, 6) is 1.64. The summed E-state index contributed by atoms with van der Waals surface area (Å²) in [5, 5.41) is 12.8. The Morgan fingerprint density at radius 1 is 1.13 bits per heavy atom. The van der Waals surface area contributed by atoms with Crippen molar-refractivity contribution < 1.29 is 0 Å². The quantitative estimate of drug-likeness (QED) is 0.468. The summed E-state index contributed by atoms with van der Waals surface area (Å²) < 4.78 is 0. The number of fused-ring (bicyclic) bond motifs is 1. The number of hydrogen-bond donors (Lipinski definition) is 2. The van der Waals surface area contributed by atoms with Crippen molar-refractivity contribution in [3.8, 4) is 0 Å². The number of hydrogen-bond acceptors (Lipinski definition) is 6. The topological polar surface area (TPSA) is 68.1 Å². The number of aromatic nitrogens is 2. The molecule has 3 heterocycles. The molecule has 0 amide bonds. The van der Waals surface area contributed by atoms with E-state index in [1.54, 1.807) is 0 Å². The number of likely N-dealkylation sites (N-methyl/N-ethyl adjacent to an activating group) is 1. The standard InChI is InChI=1S/C24H26N6S/c1-16-10-20-15-27-22(12-19(20)11-21(16)17(2)14-25)28-24(31)18-4-5-26-23(13-18)30-8-6-29(3)7-9-30/h4-5,10-15,25H,2,6-9H2,1,3H3,(H,27,28,31). The van der Waals surface area contributed by atoms with Gasteiger partial charge in [-0.2, -0.15) is 0 Å². The molecule has 31 heavy (non-hydrogen) atoms. The molecule has 0 radical (unpaired) electrons. The number of thiocarbonyl (C=S) groups is 1. The van der Waals surface area contributed by atoms with E-state index in [1.807, 2.05) is 43.6 Å². The summed E-state index contributed by atoms with van der Waals surface area (Å²) in [6, 6.07) is 10.1. The molecule has 0 bridgehead atoms. The maximum Gasteiger partial charge on any atom is 0.131 e. The van der Waals surface area contributed by atoms with Gasteiger partial charge in [-0.15, -0.1) is 0 Å². The van der Waals surface area contributed by atoms with E-state index in [1.165, 1.54) is 6.21 Å². The van der Waals surface area contributed by atoms with Gasteiger partial charge in [0.2, 0.25) is 0 Å². The number of aryl methyl sites for hydroxylation is 1. The van der Waals surface area contributed by atoms with Crippen molar-refractivity contribution >= 4 is 51.4 Å². The fourth-order valence-corrected chi connectivity index (χ4v) is 3.99. The normalized spacial score (nSPS) is 14.5. The highest BCUT2D eigenvalue weighted by atomic mass is 32.1. The Balaban J connectivity index is 1.55. The number of rotatable bonds is 5. The lowest BCUT2D eigenvalue weighted by Crippen LogP contribution is -2.44. The van der Waals surface area contributed by atoms with Crippen LogP contribution in [0.2, 0.25) is 0 Å². The van der Waals surface area contributed by atoms with Crippen LogP contribution in [0, 0.1) is 12.3 Å². The molecule has 1 aliphatic rings. The predicted octanol–water partition coefficient (Wildman–Crippen LogP) is 4.14. The summed E-state index contributed by atoms with van der Waals surface area (Å²) >= 11 is 5.66. The summed E-state index contributed by atoms with van der Waals surface area (Å²) in [5.41, 5.74) is 3.65. The van der Waals surface area contributed by atoms with Gasteiger partial charge in [0.05, 0.1) is 0 Å². The highest BCUT2D eigenvalue weighted by Crippen LogP contribution is 2.25. The summed E-state index contributed by atoms with van der Waals surface area (Å²) in [4.78, 5) is 14.3. The summed E-state index contributed by atoms with van der Waals surface area (Å²) in [6.45, 7) is 9.96. The minimum atomic E-state index is 0.612. The van der Waals surface area contributed by atoms with Crippen LogP contribution >= 0.6 is 12.2 Å². The van der Waals surface area contributed by atoms with E-state index in [9.17, 15) is 0 Å². The second-order valence-electron chi connectivity index (χ2n) is 7.90. The van der Waals surface area contributed by atoms with Crippen LogP contribution in [0.15, 0.2) is 49.3 Å². The molecule has 1 saturated heterocycles. The van der Waals surface area contributed by atoms with Crippen molar-refractivity contribution in [1.82, 2.24) is 14.9 Å². The second kappa shape index (κ2) is 8.91. The molecule has 0 aliphatic carbocycles. The molecule has 3 aromatic rings. The SMILES string of the molecule is C=C(C=N)c1cc2cc(NC(=S)c3ccnc(N4CCN(C)CC4)c3)ncc2cc1C. The first kappa shape index (κ1) is 21.1. The van der Waals surface area contributed by atoms with E-state index >= 15 is 0 Å². The molecule has 0 saturated carbocycles. The van der Waals surface area contributed by atoms with Crippen LogP contribution in [0.25, 0.3) is 16.3 Å². The average Bonchev–Trinajstić information content (AvgIpc) is 2.79. The van der Waals surface area contributed by atoms with E-state index < -0.39 is 0 Å². The van der Waals surface area contributed by atoms with Gasteiger partial charge in [0, 0.05) is 55.7 Å². The molecule has 1 aromatic carbocycles. The third kappa shape index (κ3) is 4.62. The number of nitrogens with one attached hydrogen (secondary N) is 2. The molecule has 4 rings (SSSR count). The van der Waals surface area contributed by atoms with Gasteiger partial charge in [0.1, 0.15) is 16.6 Å². The molecular formula is C24H26N6S. The van der Waals surface area contributed by atoms with Crippen molar-refractivity contribution in [2.24, 2.45) is 0 Å². The van der Waals surface area contributed by atoms with E-state index in [0.29, 0.717) is 16.4 Å². The maximum atomic E-state index is 7.50. The molecule has 0 spiro atoms. The van der Waals surface area contributed by atoms with Gasteiger partial charge < -0.3 is 20.5 Å². The lowest BCUT2D eigenvalue weighted by Gasteiger charge is -2.33. The van der Waals surface area contributed by atoms with Gasteiger partial charge in [0.25, 0.3) is 0 Å². The Hall–Kier alpha value is -3.16. The molecule has 1 aliphatic heterocycles. The molecule has 0 unspecified atom stereocenters. The van der Waals surface area contributed by atoms with E-state index in [0.717, 1.165) is 59.5 Å². The van der Waals surface area contributed by atoms with Gasteiger partial charge in [-0.05, 0) is 66.4 Å². The van der Waals surface area contributed by atoms with E-state index in [4.69, 9.17) is 17.6 Å². The molecule has 1 fully saturated rings. The Labute approximate surface area is 188 Å². The van der Waals surface area contributed by atoms with Gasteiger partial charge in [0.15, 0.2) is 0 Å². The van der Waals surface area contributed by atoms with Crippen LogP contribution in [-0.4, -0.2) is 59.3 Å². The van der Waals surface area contributed by atoms with Crippen molar-refractivity contribution in [2.45, 2.75) is 6.92 Å². The van der Waals surface area contributed by atoms with Crippen LogP contribution in [0.4, 0.5) is 11.6 Å². The fraction of sp³-hybridized carbons (Fsp3) is 0.250. The Morgan fingerprint density at radius 2 is 1.90 bits per heavy atom. The maximum absolute atomic E-state index is 7.50. The van der Waals surface area contributed by atoms with Gasteiger partial charge in [-0.1, -0.05) is 18.8 Å². The third-order valence-electron chi connectivity index (χ3n) is 5.66. The predicted molar refractivity (Wildman–Crippen MR) is 134 cm³/mol. The highest BCUT2D eigenvalue weighted by Gasteiger charge is 2.16. The Kier molecular flexibility index (Phi) is 6.06. The molecule has 6 nitrogen and oxygen atoms in total. The molecular weight excluding hydrogens is 404 g/mol. The van der Waals surface area contributed by atoms with Crippen molar-refractivity contribution in [1.29, 1.82) is 5.41 Å². The van der Waals surface area contributed by atoms with Crippen LogP contribution in [0.3, 0.4) is 0 Å². The number of pyridine rings is 2. The van der Waals surface area contributed by atoms with Crippen LogP contribution in [-0.2, 0) is 0 Å². The lowest BCUT2D eigenvalue weighted by atomic mass is 9.98. The minimum absolute atomic E-state index is 0.612. The second-order valence-corrected chi connectivity index (χ2v) is 8.31.